The molecule has 11 heteroatoms. The number of aromatic nitrogens is 3. The molecule has 1 amide bonds. The molecule has 0 atom stereocenters. The number of amides is 1. The van der Waals surface area contributed by atoms with Crippen LogP contribution in [0.1, 0.15) is 10.4 Å². The number of benzene rings is 2. The normalized spacial score (nSPS) is 10.5. The summed E-state index contributed by atoms with van der Waals surface area (Å²) in [5.74, 6) is -0.228. The third kappa shape index (κ3) is 5.10. The summed E-state index contributed by atoms with van der Waals surface area (Å²) in [5.41, 5.74) is 2.51. The van der Waals surface area contributed by atoms with Crippen LogP contribution in [0, 0.1) is 0 Å². The second-order valence-corrected chi connectivity index (χ2v) is 7.54. The Hall–Kier alpha value is -4.38. The van der Waals surface area contributed by atoms with Crippen molar-refractivity contribution in [3.8, 4) is 34.6 Å². The number of aromatic hydroxyl groups is 2. The van der Waals surface area contributed by atoms with Crippen molar-refractivity contribution in [3.63, 3.8) is 0 Å². The van der Waals surface area contributed by atoms with Gasteiger partial charge in [-0.15, -0.1) is 11.3 Å². The van der Waals surface area contributed by atoms with Gasteiger partial charge in [0.1, 0.15) is 5.82 Å². The predicted molar refractivity (Wildman–Crippen MR) is 124 cm³/mol. The maximum absolute atomic E-state index is 12.6. The minimum absolute atomic E-state index is 0.0783. The van der Waals surface area contributed by atoms with Crippen molar-refractivity contribution in [2.75, 3.05) is 24.9 Å². The van der Waals surface area contributed by atoms with Crippen LogP contribution in [0.2, 0.25) is 0 Å². The third-order valence-corrected chi connectivity index (χ3v) is 5.25. The Kier molecular flexibility index (Phi) is 6.22. The van der Waals surface area contributed by atoms with Gasteiger partial charge in [0, 0.05) is 28.3 Å². The number of nitrogens with zero attached hydrogens (tertiary/aromatic N) is 3. The topological polar surface area (TPSA) is 139 Å². The van der Waals surface area contributed by atoms with Gasteiger partial charge in [0.25, 0.3) is 5.91 Å². The van der Waals surface area contributed by atoms with Gasteiger partial charge in [-0.25, -0.2) is 4.98 Å². The summed E-state index contributed by atoms with van der Waals surface area (Å²) in [4.78, 5) is 25.1. The first-order valence-electron chi connectivity index (χ1n) is 9.58. The van der Waals surface area contributed by atoms with Crippen molar-refractivity contribution in [3.05, 3.63) is 59.5 Å². The molecule has 0 saturated heterocycles. The van der Waals surface area contributed by atoms with Crippen molar-refractivity contribution < 1.29 is 24.5 Å². The first-order valence-corrected chi connectivity index (χ1v) is 10.5. The van der Waals surface area contributed by atoms with Crippen LogP contribution in [0.3, 0.4) is 0 Å². The summed E-state index contributed by atoms with van der Waals surface area (Å²) in [7, 11) is 2.88. The second kappa shape index (κ2) is 9.40. The first-order chi connectivity index (χ1) is 15.9. The molecule has 0 fully saturated rings. The van der Waals surface area contributed by atoms with Crippen molar-refractivity contribution in [2.45, 2.75) is 0 Å². The molecular formula is C22H19N5O5S. The zero-order valence-electron chi connectivity index (χ0n) is 17.6. The van der Waals surface area contributed by atoms with E-state index in [0.29, 0.717) is 22.0 Å². The van der Waals surface area contributed by atoms with E-state index in [-0.39, 0.29) is 35.1 Å². The molecule has 33 heavy (non-hydrogen) atoms. The number of hydrogen-bond donors (Lipinski definition) is 4. The fourth-order valence-corrected chi connectivity index (χ4v) is 3.57. The molecule has 0 aliphatic carbocycles. The van der Waals surface area contributed by atoms with Crippen LogP contribution in [0.15, 0.2) is 53.9 Å². The molecular weight excluding hydrogens is 446 g/mol. The minimum Gasteiger partial charge on any atom is -0.504 e. The van der Waals surface area contributed by atoms with E-state index in [0.717, 1.165) is 5.69 Å². The number of hydrogen-bond acceptors (Lipinski definition) is 10. The van der Waals surface area contributed by atoms with E-state index in [1.54, 1.807) is 30.3 Å². The highest BCUT2D eigenvalue weighted by atomic mass is 32.1. The number of ether oxygens (including phenoxy) is 2. The van der Waals surface area contributed by atoms with Crippen LogP contribution >= 0.6 is 11.3 Å². The van der Waals surface area contributed by atoms with Crippen LogP contribution in [0.4, 0.5) is 16.6 Å². The van der Waals surface area contributed by atoms with Gasteiger partial charge in [0.2, 0.25) is 5.88 Å². The highest BCUT2D eigenvalue weighted by Gasteiger charge is 2.12. The monoisotopic (exact) mass is 465 g/mol. The predicted octanol–water partition coefficient (Wildman–Crippen LogP) is 4.02. The van der Waals surface area contributed by atoms with Crippen molar-refractivity contribution in [1.82, 2.24) is 15.0 Å². The lowest BCUT2D eigenvalue weighted by atomic mass is 10.1. The maximum Gasteiger partial charge on any atom is 0.321 e. The molecule has 2 aromatic carbocycles. The molecule has 4 N–H and O–H groups in total. The second-order valence-electron chi connectivity index (χ2n) is 6.68. The van der Waals surface area contributed by atoms with Gasteiger partial charge in [0.05, 0.1) is 19.9 Å². The fraction of sp³-hybridized carbons (Fsp3) is 0.0909. The van der Waals surface area contributed by atoms with E-state index >= 15 is 0 Å². The molecule has 168 valence electrons. The summed E-state index contributed by atoms with van der Waals surface area (Å²) >= 11 is 1.38. The molecule has 4 rings (SSSR count). The summed E-state index contributed by atoms with van der Waals surface area (Å²) < 4.78 is 10.1. The van der Waals surface area contributed by atoms with Gasteiger partial charge in [-0.2, -0.15) is 9.97 Å². The molecule has 2 aromatic heterocycles. The molecule has 0 saturated carbocycles. The third-order valence-electron chi connectivity index (χ3n) is 4.49. The molecule has 0 spiro atoms. The quantitative estimate of drug-likeness (QED) is 0.298. The standard InChI is InChI=1S/C22H19N5O5S/c1-31-19-10-18(26-21(27-19)32-2)25-20(30)12-3-6-14(7-4-12)23-22-24-15(11-33-22)13-5-8-16(28)17(29)9-13/h3-11,28-29H,1-2H3,(H,23,24)(H,25,26,27,30). The molecule has 2 heterocycles. The van der Waals surface area contributed by atoms with Crippen molar-refractivity contribution in [1.29, 1.82) is 0 Å². The van der Waals surface area contributed by atoms with E-state index in [1.807, 2.05) is 5.38 Å². The van der Waals surface area contributed by atoms with Gasteiger partial charge in [-0.3, -0.25) is 4.79 Å². The number of phenolic OH excluding ortho intramolecular Hbond substituents is 2. The van der Waals surface area contributed by atoms with Crippen LogP contribution < -0.4 is 20.1 Å². The number of carbonyl (C=O) groups excluding carboxylic acids is 1. The zero-order chi connectivity index (χ0) is 23.4. The summed E-state index contributed by atoms with van der Waals surface area (Å²) in [5, 5.41) is 27.5. The fourth-order valence-electron chi connectivity index (χ4n) is 2.83. The van der Waals surface area contributed by atoms with E-state index in [4.69, 9.17) is 9.47 Å². The summed E-state index contributed by atoms with van der Waals surface area (Å²) in [6.45, 7) is 0. The molecule has 0 radical (unpaired) electrons. The van der Waals surface area contributed by atoms with Crippen LogP contribution in [0.5, 0.6) is 23.4 Å². The maximum atomic E-state index is 12.6. The molecule has 0 aliphatic rings. The summed E-state index contributed by atoms with van der Waals surface area (Å²) in [6.07, 6.45) is 0. The molecule has 10 nitrogen and oxygen atoms in total. The lowest BCUT2D eigenvalue weighted by Crippen LogP contribution is -2.13. The van der Waals surface area contributed by atoms with Gasteiger partial charge < -0.3 is 30.3 Å². The number of nitrogens with one attached hydrogen (secondary N) is 2. The molecule has 0 aliphatic heterocycles. The Morgan fingerprint density at radius 2 is 1.73 bits per heavy atom. The van der Waals surface area contributed by atoms with Crippen LogP contribution in [-0.2, 0) is 0 Å². The number of carbonyl (C=O) groups is 1. The van der Waals surface area contributed by atoms with Gasteiger partial charge in [-0.05, 0) is 42.5 Å². The van der Waals surface area contributed by atoms with E-state index in [9.17, 15) is 15.0 Å². The number of thiazole rings is 1. The Labute approximate surface area is 192 Å². The highest BCUT2D eigenvalue weighted by molar-refractivity contribution is 7.14. The van der Waals surface area contributed by atoms with Crippen LogP contribution in [0.25, 0.3) is 11.3 Å². The first kappa shape index (κ1) is 21.8. The SMILES string of the molecule is COc1cc(NC(=O)c2ccc(Nc3nc(-c4ccc(O)c(O)c4)cs3)cc2)nc(OC)n1. The number of anilines is 3. The van der Waals surface area contributed by atoms with Gasteiger partial charge in [0.15, 0.2) is 16.6 Å². The molecule has 0 bridgehead atoms. The highest BCUT2D eigenvalue weighted by Crippen LogP contribution is 2.32. The molecule has 0 unspecified atom stereocenters. The van der Waals surface area contributed by atoms with Crippen molar-refractivity contribution in [2.24, 2.45) is 0 Å². The Morgan fingerprint density at radius 1 is 0.939 bits per heavy atom. The average molecular weight is 465 g/mol. The van der Waals surface area contributed by atoms with Crippen LogP contribution in [-0.4, -0.2) is 45.3 Å². The Morgan fingerprint density at radius 3 is 2.42 bits per heavy atom. The Bertz CT molecular complexity index is 1270. The van der Waals surface area contributed by atoms with E-state index < -0.39 is 0 Å². The lowest BCUT2D eigenvalue weighted by molar-refractivity contribution is 0.102. The largest absolute Gasteiger partial charge is 0.504 e. The molecule has 4 aromatic rings. The minimum atomic E-state index is -0.354. The number of rotatable bonds is 7. The van der Waals surface area contributed by atoms with Crippen molar-refractivity contribution >= 4 is 33.9 Å². The smallest absolute Gasteiger partial charge is 0.321 e. The average Bonchev–Trinajstić information content (AvgIpc) is 3.29. The number of phenols is 2. The zero-order valence-corrected chi connectivity index (χ0v) is 18.4. The Balaban J connectivity index is 1.43. The van der Waals surface area contributed by atoms with Gasteiger partial charge >= 0.3 is 6.01 Å². The van der Waals surface area contributed by atoms with E-state index in [2.05, 4.69) is 25.6 Å². The van der Waals surface area contributed by atoms with Gasteiger partial charge in [-0.1, -0.05) is 0 Å². The number of methoxy groups -OCH3 is 2. The summed E-state index contributed by atoms with van der Waals surface area (Å²) in [6, 6.07) is 12.9. The lowest BCUT2D eigenvalue weighted by Gasteiger charge is -2.08. The van der Waals surface area contributed by atoms with E-state index in [1.165, 1.54) is 43.8 Å².